The van der Waals surface area contributed by atoms with Crippen molar-refractivity contribution >= 4 is 11.5 Å². The molecule has 5 heteroatoms. The molecule has 2 rings (SSSR count). The van der Waals surface area contributed by atoms with Crippen LogP contribution in [0.4, 0.5) is 0 Å². The summed E-state index contributed by atoms with van der Waals surface area (Å²) in [6, 6.07) is 0.547. The lowest BCUT2D eigenvalue weighted by atomic mass is 10.0. The molecule has 1 aromatic rings. The van der Waals surface area contributed by atoms with Gasteiger partial charge in [0, 0.05) is 24.5 Å². The molecule has 0 aliphatic carbocycles. The first kappa shape index (κ1) is 10.0. The maximum Gasteiger partial charge on any atom is 0.0895 e. The van der Waals surface area contributed by atoms with Crippen LogP contribution < -0.4 is 5.73 Å². The molecular weight excluding hydrogens is 196 g/mol. The molecule has 1 fully saturated rings. The summed E-state index contributed by atoms with van der Waals surface area (Å²) in [4.78, 5) is 2.43. The molecule has 0 amide bonds. The van der Waals surface area contributed by atoms with Crippen LogP contribution >= 0.6 is 11.5 Å². The van der Waals surface area contributed by atoms with Crippen molar-refractivity contribution in [2.75, 3.05) is 13.1 Å². The first-order valence-electron chi connectivity index (χ1n) is 5.10. The van der Waals surface area contributed by atoms with Crippen LogP contribution in [0.3, 0.4) is 0 Å². The molecule has 1 atom stereocenters. The summed E-state index contributed by atoms with van der Waals surface area (Å²) in [6.07, 6.45) is 3.83. The van der Waals surface area contributed by atoms with E-state index >= 15 is 0 Å². The minimum atomic E-state index is 0.547. The summed E-state index contributed by atoms with van der Waals surface area (Å²) in [6.45, 7) is 2.83. The van der Waals surface area contributed by atoms with Gasteiger partial charge in [-0.3, -0.25) is 4.90 Å². The zero-order valence-electron chi connectivity index (χ0n) is 8.22. The molecule has 2 N–H and O–H groups in total. The van der Waals surface area contributed by atoms with Crippen molar-refractivity contribution in [3.8, 4) is 0 Å². The summed E-state index contributed by atoms with van der Waals surface area (Å²) in [7, 11) is 0. The van der Waals surface area contributed by atoms with Crippen molar-refractivity contribution in [3.05, 3.63) is 11.1 Å². The van der Waals surface area contributed by atoms with Gasteiger partial charge in [-0.25, -0.2) is 0 Å². The minimum Gasteiger partial charge on any atom is -0.329 e. The number of nitrogens with zero attached hydrogens (tertiary/aromatic N) is 3. The summed E-state index contributed by atoms with van der Waals surface area (Å²) in [5, 5.41) is 6.08. The molecular formula is C9H16N4S. The van der Waals surface area contributed by atoms with E-state index in [9.17, 15) is 0 Å². The minimum absolute atomic E-state index is 0.547. The Kier molecular flexibility index (Phi) is 3.44. The molecule has 0 radical (unpaired) electrons. The van der Waals surface area contributed by atoms with Crippen LogP contribution in [0.25, 0.3) is 0 Å². The van der Waals surface area contributed by atoms with E-state index < -0.39 is 0 Å². The normalized spacial score (nSPS) is 23.9. The lowest BCUT2D eigenvalue weighted by Crippen LogP contribution is -2.43. The Morgan fingerprint density at radius 1 is 1.57 bits per heavy atom. The zero-order valence-corrected chi connectivity index (χ0v) is 9.04. The molecule has 0 saturated carbocycles. The van der Waals surface area contributed by atoms with Crippen LogP contribution in [0.2, 0.25) is 0 Å². The molecule has 78 valence electrons. The molecule has 1 saturated heterocycles. The third kappa shape index (κ3) is 2.29. The van der Waals surface area contributed by atoms with E-state index in [0.29, 0.717) is 6.04 Å². The molecule has 1 aliphatic heterocycles. The van der Waals surface area contributed by atoms with E-state index in [1.54, 1.807) is 0 Å². The quantitative estimate of drug-likeness (QED) is 0.807. The van der Waals surface area contributed by atoms with Gasteiger partial charge in [0.25, 0.3) is 0 Å². The van der Waals surface area contributed by atoms with Crippen molar-refractivity contribution < 1.29 is 0 Å². The third-order valence-corrected chi connectivity index (χ3v) is 3.34. The van der Waals surface area contributed by atoms with Gasteiger partial charge < -0.3 is 5.73 Å². The van der Waals surface area contributed by atoms with Gasteiger partial charge >= 0.3 is 0 Å². The number of aromatic nitrogens is 2. The second kappa shape index (κ2) is 4.82. The van der Waals surface area contributed by atoms with E-state index in [-0.39, 0.29) is 0 Å². The monoisotopic (exact) mass is 212 g/mol. The van der Waals surface area contributed by atoms with Crippen LogP contribution in [0.1, 0.15) is 25.0 Å². The molecule has 4 nitrogen and oxygen atoms in total. The third-order valence-electron chi connectivity index (χ3n) is 2.79. The molecule has 0 bridgehead atoms. The molecule has 1 aliphatic rings. The molecule has 0 spiro atoms. The van der Waals surface area contributed by atoms with Crippen LogP contribution in [-0.4, -0.2) is 33.6 Å². The largest absolute Gasteiger partial charge is 0.329 e. The number of likely N-dealkylation sites (tertiary alicyclic amines) is 1. The van der Waals surface area contributed by atoms with Crippen molar-refractivity contribution in [2.24, 2.45) is 5.73 Å². The number of hydrogen-bond donors (Lipinski definition) is 1. The maximum atomic E-state index is 5.75. The number of rotatable bonds is 3. The highest BCUT2D eigenvalue weighted by atomic mass is 32.1. The van der Waals surface area contributed by atoms with E-state index in [1.807, 2.05) is 5.38 Å². The Balaban J connectivity index is 1.94. The maximum absolute atomic E-state index is 5.75. The summed E-state index contributed by atoms with van der Waals surface area (Å²) < 4.78 is 3.87. The SMILES string of the molecule is NCC1CCCCN1Cc1csnn1. The summed E-state index contributed by atoms with van der Waals surface area (Å²) in [5.41, 5.74) is 6.83. The van der Waals surface area contributed by atoms with Crippen LogP contribution in [0, 0.1) is 0 Å². The fourth-order valence-electron chi connectivity index (χ4n) is 2.00. The predicted molar refractivity (Wildman–Crippen MR) is 57.0 cm³/mol. The fraction of sp³-hybridized carbons (Fsp3) is 0.778. The number of hydrogen-bond acceptors (Lipinski definition) is 5. The van der Waals surface area contributed by atoms with Crippen LogP contribution in [0.5, 0.6) is 0 Å². The standard InChI is InChI=1S/C9H16N4S/c10-5-9-3-1-2-4-13(9)6-8-7-14-12-11-8/h7,9H,1-6,10H2. The predicted octanol–water partition coefficient (Wildman–Crippen LogP) is 0.851. The van der Waals surface area contributed by atoms with Gasteiger partial charge in [0.05, 0.1) is 5.69 Å². The van der Waals surface area contributed by atoms with Gasteiger partial charge in [0.2, 0.25) is 0 Å². The van der Waals surface area contributed by atoms with Crippen LogP contribution in [0.15, 0.2) is 5.38 Å². The highest BCUT2D eigenvalue weighted by Gasteiger charge is 2.21. The van der Waals surface area contributed by atoms with E-state index in [4.69, 9.17) is 5.73 Å². The Morgan fingerprint density at radius 2 is 2.50 bits per heavy atom. The Morgan fingerprint density at radius 3 is 3.21 bits per heavy atom. The topological polar surface area (TPSA) is 55.0 Å². The lowest BCUT2D eigenvalue weighted by molar-refractivity contribution is 0.143. The highest BCUT2D eigenvalue weighted by molar-refractivity contribution is 7.03. The Labute approximate surface area is 88.3 Å². The average Bonchev–Trinajstić information content (AvgIpc) is 2.71. The van der Waals surface area contributed by atoms with Crippen molar-refractivity contribution in [1.82, 2.24) is 14.5 Å². The Bertz CT molecular complexity index is 262. The van der Waals surface area contributed by atoms with Crippen molar-refractivity contribution in [2.45, 2.75) is 31.8 Å². The Hall–Kier alpha value is -0.520. The van der Waals surface area contributed by atoms with Gasteiger partial charge in [0.15, 0.2) is 0 Å². The lowest BCUT2D eigenvalue weighted by Gasteiger charge is -2.34. The first-order chi connectivity index (χ1) is 6.90. The molecule has 1 unspecified atom stereocenters. The smallest absolute Gasteiger partial charge is 0.0895 e. The zero-order chi connectivity index (χ0) is 9.80. The molecule has 2 heterocycles. The van der Waals surface area contributed by atoms with Gasteiger partial charge in [-0.1, -0.05) is 10.9 Å². The number of nitrogens with two attached hydrogens (primary N) is 1. The fourth-order valence-corrected chi connectivity index (χ4v) is 2.44. The summed E-state index contributed by atoms with van der Waals surface area (Å²) in [5.74, 6) is 0. The molecule has 14 heavy (non-hydrogen) atoms. The molecule has 1 aromatic heterocycles. The van der Waals surface area contributed by atoms with E-state index in [2.05, 4.69) is 14.5 Å². The molecule has 0 aromatic carbocycles. The summed E-state index contributed by atoms with van der Waals surface area (Å²) >= 11 is 1.42. The highest BCUT2D eigenvalue weighted by Crippen LogP contribution is 2.18. The van der Waals surface area contributed by atoms with Gasteiger partial charge in [-0.15, -0.1) is 5.10 Å². The van der Waals surface area contributed by atoms with Gasteiger partial charge in [0.1, 0.15) is 0 Å². The van der Waals surface area contributed by atoms with Crippen molar-refractivity contribution in [3.63, 3.8) is 0 Å². The second-order valence-electron chi connectivity index (χ2n) is 3.75. The van der Waals surface area contributed by atoms with Crippen molar-refractivity contribution in [1.29, 1.82) is 0 Å². The average molecular weight is 212 g/mol. The number of piperidine rings is 1. The van der Waals surface area contributed by atoms with E-state index in [0.717, 1.165) is 25.3 Å². The van der Waals surface area contributed by atoms with Crippen LogP contribution in [-0.2, 0) is 6.54 Å². The van der Waals surface area contributed by atoms with Gasteiger partial charge in [-0.2, -0.15) is 0 Å². The second-order valence-corrected chi connectivity index (χ2v) is 4.36. The first-order valence-corrected chi connectivity index (χ1v) is 5.94. The van der Waals surface area contributed by atoms with Gasteiger partial charge in [-0.05, 0) is 30.9 Å². The van der Waals surface area contributed by atoms with E-state index in [1.165, 1.54) is 30.8 Å².